The molecule has 220 valence electrons. The van der Waals surface area contributed by atoms with Gasteiger partial charge in [0.25, 0.3) is 11.5 Å². The van der Waals surface area contributed by atoms with Crippen molar-refractivity contribution in [3.05, 3.63) is 68.7 Å². The van der Waals surface area contributed by atoms with Crippen LogP contribution in [0.1, 0.15) is 61.0 Å². The molecule has 0 bridgehead atoms. The van der Waals surface area contributed by atoms with Crippen molar-refractivity contribution in [3.8, 4) is 5.75 Å². The van der Waals surface area contributed by atoms with Gasteiger partial charge in [-0.25, -0.2) is 14.2 Å². The van der Waals surface area contributed by atoms with Gasteiger partial charge in [-0.2, -0.15) is 29.3 Å². The van der Waals surface area contributed by atoms with Gasteiger partial charge in [0.1, 0.15) is 17.2 Å². The maximum absolute atomic E-state index is 14.1. The normalized spacial score (nSPS) is 20.3. The van der Waals surface area contributed by atoms with E-state index in [0.717, 1.165) is 48.7 Å². The molecule has 0 unspecified atom stereocenters. The number of hydrogen-bond donors (Lipinski definition) is 1. The number of benzene rings is 1. The van der Waals surface area contributed by atoms with E-state index in [1.165, 1.54) is 21.3 Å². The molecule has 3 heterocycles. The zero-order valence-electron chi connectivity index (χ0n) is 21.7. The molecule has 1 N–H and O–H groups in total. The summed E-state index contributed by atoms with van der Waals surface area (Å²) >= 11 is 1.79. The fourth-order valence-electron chi connectivity index (χ4n) is 5.42. The van der Waals surface area contributed by atoms with Gasteiger partial charge in [0.15, 0.2) is 0 Å². The van der Waals surface area contributed by atoms with Crippen LogP contribution in [0.5, 0.6) is 5.75 Å². The average Bonchev–Trinajstić information content (AvgIpc) is 2.95. The molecule has 5 rings (SSSR count). The van der Waals surface area contributed by atoms with Gasteiger partial charge in [-0.3, -0.25) is 18.7 Å². The monoisotopic (exact) mass is 598 g/mol. The van der Waals surface area contributed by atoms with Crippen LogP contribution >= 0.6 is 11.8 Å². The average molecular weight is 599 g/mol. The summed E-state index contributed by atoms with van der Waals surface area (Å²) in [5.41, 5.74) is -0.755. The highest BCUT2D eigenvalue weighted by Crippen LogP contribution is 2.31. The predicted molar refractivity (Wildman–Crippen MR) is 143 cm³/mol. The minimum absolute atomic E-state index is 0.0528. The fraction of sp³-hybridized carbons (Fsp3) is 0.481. The van der Waals surface area contributed by atoms with Gasteiger partial charge in [0, 0.05) is 23.7 Å². The second-order valence-electron chi connectivity index (χ2n) is 10.2. The molecular weight excluding hydrogens is 571 g/mol. The largest absolute Gasteiger partial charge is 0.461 e. The first-order valence-electron chi connectivity index (χ1n) is 13.2. The highest BCUT2D eigenvalue weighted by Gasteiger charge is 2.44. The second-order valence-corrected chi connectivity index (χ2v) is 11.4. The highest BCUT2D eigenvalue weighted by molar-refractivity contribution is 7.99. The number of ether oxygens (including phenoxy) is 1. The van der Waals surface area contributed by atoms with Crippen LogP contribution in [0.4, 0.5) is 22.0 Å². The molecule has 14 heteroatoms. The van der Waals surface area contributed by atoms with Gasteiger partial charge in [-0.05, 0) is 80.4 Å². The third-order valence-electron chi connectivity index (χ3n) is 7.50. The summed E-state index contributed by atoms with van der Waals surface area (Å²) in [5, 5.41) is 2.89. The number of pyridine rings is 1. The molecule has 0 spiro atoms. The third-order valence-corrected chi connectivity index (χ3v) is 8.55. The summed E-state index contributed by atoms with van der Waals surface area (Å²) in [5.74, 6) is 0.0475. The number of thioether (sulfide) groups is 1. The number of alkyl halides is 4. The topological polar surface area (TPSA) is 95.2 Å². The van der Waals surface area contributed by atoms with E-state index >= 15 is 0 Å². The molecule has 1 saturated heterocycles. The van der Waals surface area contributed by atoms with Crippen LogP contribution in [0.15, 0.2) is 46.1 Å². The number of aromatic nitrogens is 3. The summed E-state index contributed by atoms with van der Waals surface area (Å²) in [7, 11) is 0. The first-order valence-corrected chi connectivity index (χ1v) is 14.4. The van der Waals surface area contributed by atoms with Crippen molar-refractivity contribution in [1.29, 1.82) is 0 Å². The lowest BCUT2D eigenvalue weighted by atomic mass is 9.90. The van der Waals surface area contributed by atoms with Crippen molar-refractivity contribution >= 4 is 28.7 Å². The lowest BCUT2D eigenvalue weighted by Crippen LogP contribution is -2.46. The van der Waals surface area contributed by atoms with Crippen LogP contribution < -0.4 is 21.3 Å². The number of fused-ring (bicyclic) bond motifs is 1. The number of rotatable bonds is 7. The molecule has 1 aliphatic heterocycles. The first-order chi connectivity index (χ1) is 19.5. The van der Waals surface area contributed by atoms with Crippen LogP contribution in [0, 0.1) is 5.82 Å². The van der Waals surface area contributed by atoms with Crippen LogP contribution in [-0.4, -0.2) is 50.1 Å². The number of carbonyl (C=O) groups excluding carboxylic acids is 1. The SMILES string of the molecule is O=C(N[C@H]1CC[C@@H](n2c(=O)c3cc(F)cnc3n(C3CCSCC3)c2=O)CC1)c1ccc(OC(F)(F)C(F)F)cc1. The van der Waals surface area contributed by atoms with Crippen molar-refractivity contribution in [2.75, 3.05) is 11.5 Å². The van der Waals surface area contributed by atoms with Crippen molar-refractivity contribution in [2.45, 2.75) is 69.2 Å². The molecule has 8 nitrogen and oxygen atoms in total. The summed E-state index contributed by atoms with van der Waals surface area (Å²) in [6.07, 6.45) is -4.47. The smallest absolute Gasteiger partial charge is 0.428 e. The lowest BCUT2D eigenvalue weighted by Gasteiger charge is -2.31. The zero-order valence-corrected chi connectivity index (χ0v) is 22.5. The Labute approximate surface area is 234 Å². The van der Waals surface area contributed by atoms with E-state index in [2.05, 4.69) is 15.0 Å². The second kappa shape index (κ2) is 11.8. The molecule has 1 amide bonds. The van der Waals surface area contributed by atoms with E-state index < -0.39 is 47.3 Å². The number of nitrogens with one attached hydrogen (secondary N) is 1. The summed E-state index contributed by atoms with van der Waals surface area (Å²) in [4.78, 5) is 43.9. The van der Waals surface area contributed by atoms with E-state index in [1.54, 1.807) is 11.8 Å². The first kappa shape index (κ1) is 29.1. The Hall–Kier alpha value is -3.42. The number of hydrogen-bond acceptors (Lipinski definition) is 6. The van der Waals surface area contributed by atoms with Crippen molar-refractivity contribution in [3.63, 3.8) is 0 Å². The van der Waals surface area contributed by atoms with Crippen LogP contribution in [0.3, 0.4) is 0 Å². The van der Waals surface area contributed by atoms with Gasteiger partial charge >= 0.3 is 18.2 Å². The molecule has 0 radical (unpaired) electrons. The van der Waals surface area contributed by atoms with Gasteiger partial charge in [0.2, 0.25) is 0 Å². The van der Waals surface area contributed by atoms with Gasteiger partial charge in [0.05, 0.1) is 11.6 Å². The van der Waals surface area contributed by atoms with E-state index in [9.17, 15) is 36.3 Å². The number of carbonyl (C=O) groups is 1. The number of nitrogens with zero attached hydrogens (tertiary/aromatic N) is 3. The standard InChI is InChI=1S/C27H27F5N4O4S/c28-16-13-21-22(33-14-16)35(19-9-11-41-12-10-19)26(39)36(24(21)38)18-5-3-17(4-6-18)34-23(37)15-1-7-20(8-2-15)40-27(31,32)25(29)30/h1-2,7-8,13-14,17-19,25H,3-6,9-12H2,(H,34,37)/t17-,18+. The summed E-state index contributed by atoms with van der Waals surface area (Å²) in [6.45, 7) is 0. The Bertz CT molecular complexity index is 1530. The van der Waals surface area contributed by atoms with Crippen molar-refractivity contribution < 1.29 is 31.5 Å². The van der Waals surface area contributed by atoms with E-state index in [1.807, 2.05) is 0 Å². The minimum atomic E-state index is -4.65. The summed E-state index contributed by atoms with van der Waals surface area (Å²) < 4.78 is 71.7. The van der Waals surface area contributed by atoms with Gasteiger partial charge in [-0.15, -0.1) is 0 Å². The molecule has 2 aliphatic rings. The molecule has 1 aliphatic carbocycles. The molecule has 0 atom stereocenters. The molecule has 1 saturated carbocycles. The predicted octanol–water partition coefficient (Wildman–Crippen LogP) is 4.92. The quantitative estimate of drug-likeness (QED) is 0.389. The van der Waals surface area contributed by atoms with Crippen molar-refractivity contribution in [1.82, 2.24) is 19.4 Å². The van der Waals surface area contributed by atoms with E-state index in [0.29, 0.717) is 25.7 Å². The lowest BCUT2D eigenvalue weighted by molar-refractivity contribution is -0.253. The fourth-order valence-corrected chi connectivity index (χ4v) is 6.50. The Morgan fingerprint density at radius 2 is 1.63 bits per heavy atom. The third kappa shape index (κ3) is 6.11. The Morgan fingerprint density at radius 1 is 1.00 bits per heavy atom. The summed E-state index contributed by atoms with van der Waals surface area (Å²) in [6, 6.07) is 4.61. The Kier molecular flexibility index (Phi) is 8.39. The van der Waals surface area contributed by atoms with E-state index in [4.69, 9.17) is 0 Å². The molecule has 41 heavy (non-hydrogen) atoms. The van der Waals surface area contributed by atoms with Crippen LogP contribution in [-0.2, 0) is 0 Å². The Morgan fingerprint density at radius 3 is 2.27 bits per heavy atom. The Balaban J connectivity index is 1.30. The molecule has 3 aromatic rings. The minimum Gasteiger partial charge on any atom is -0.428 e. The van der Waals surface area contributed by atoms with E-state index in [-0.39, 0.29) is 28.7 Å². The molecule has 2 aromatic heterocycles. The van der Waals surface area contributed by atoms with Gasteiger partial charge < -0.3 is 10.1 Å². The maximum Gasteiger partial charge on any atom is 0.461 e. The molecule has 1 aromatic carbocycles. The maximum atomic E-state index is 14.1. The van der Waals surface area contributed by atoms with Crippen LogP contribution in [0.25, 0.3) is 11.0 Å². The number of halogens is 5. The zero-order chi connectivity index (χ0) is 29.3. The highest BCUT2D eigenvalue weighted by atomic mass is 32.2. The van der Waals surface area contributed by atoms with Crippen molar-refractivity contribution in [2.24, 2.45) is 0 Å². The number of amides is 1. The van der Waals surface area contributed by atoms with Crippen LogP contribution in [0.2, 0.25) is 0 Å². The molecule has 2 fully saturated rings. The molecular formula is C27H27F5N4O4S. The van der Waals surface area contributed by atoms with Gasteiger partial charge in [-0.1, -0.05) is 0 Å².